The van der Waals surface area contributed by atoms with Crippen molar-refractivity contribution in [1.82, 2.24) is 10.3 Å². The molecular formula is C17H24ClN3OS. The Morgan fingerprint density at radius 3 is 2.65 bits per heavy atom. The van der Waals surface area contributed by atoms with Crippen LogP contribution in [-0.4, -0.2) is 24.0 Å². The molecule has 2 heterocycles. The summed E-state index contributed by atoms with van der Waals surface area (Å²) in [7, 11) is 0. The van der Waals surface area contributed by atoms with Crippen LogP contribution in [0.25, 0.3) is 10.2 Å². The molecule has 1 saturated heterocycles. The number of nitrogens with zero attached hydrogens (tertiary/aromatic N) is 1. The van der Waals surface area contributed by atoms with E-state index in [1.807, 2.05) is 25.1 Å². The zero-order valence-corrected chi connectivity index (χ0v) is 15.6. The van der Waals surface area contributed by atoms with Gasteiger partial charge in [0.15, 0.2) is 0 Å². The van der Waals surface area contributed by atoms with Crippen LogP contribution in [0.4, 0.5) is 5.69 Å². The Kier molecular flexibility index (Phi) is 5.33. The lowest BCUT2D eigenvalue weighted by molar-refractivity contribution is -0.121. The van der Waals surface area contributed by atoms with Crippen LogP contribution in [0, 0.1) is 11.8 Å². The number of benzene rings is 1. The Labute approximate surface area is 147 Å². The maximum Gasteiger partial charge on any atom is 0.227 e. The van der Waals surface area contributed by atoms with Crippen molar-refractivity contribution >= 4 is 45.6 Å². The molecule has 1 aliphatic rings. The molecule has 3 rings (SSSR count). The number of amides is 1. The van der Waals surface area contributed by atoms with Gasteiger partial charge in [0.1, 0.15) is 0 Å². The van der Waals surface area contributed by atoms with E-state index in [9.17, 15) is 4.79 Å². The number of hydrogen-bond acceptors (Lipinski definition) is 4. The summed E-state index contributed by atoms with van der Waals surface area (Å²) >= 11 is 1.70. The first-order valence-corrected chi connectivity index (χ1v) is 8.59. The van der Waals surface area contributed by atoms with E-state index < -0.39 is 0 Å². The molecule has 1 amide bonds. The first-order chi connectivity index (χ1) is 10.3. The van der Waals surface area contributed by atoms with E-state index >= 15 is 0 Å². The molecular weight excluding hydrogens is 330 g/mol. The van der Waals surface area contributed by atoms with Gasteiger partial charge in [-0.3, -0.25) is 4.79 Å². The van der Waals surface area contributed by atoms with Crippen molar-refractivity contribution in [3.05, 3.63) is 23.2 Å². The summed E-state index contributed by atoms with van der Waals surface area (Å²) in [6.07, 6.45) is 0. The van der Waals surface area contributed by atoms with E-state index in [2.05, 4.69) is 36.4 Å². The number of carbonyl (C=O) groups excluding carboxylic acids is 1. The zero-order chi connectivity index (χ0) is 15.9. The van der Waals surface area contributed by atoms with Crippen molar-refractivity contribution in [2.45, 2.75) is 33.1 Å². The second-order valence-electron chi connectivity index (χ2n) is 7.15. The first kappa shape index (κ1) is 18.2. The van der Waals surface area contributed by atoms with E-state index in [1.165, 1.54) is 0 Å². The molecule has 23 heavy (non-hydrogen) atoms. The minimum Gasteiger partial charge on any atom is -0.326 e. The third kappa shape index (κ3) is 3.84. The van der Waals surface area contributed by atoms with Crippen LogP contribution in [-0.2, 0) is 10.2 Å². The Bertz CT molecular complexity index is 703. The normalized spacial score (nSPS) is 16.5. The van der Waals surface area contributed by atoms with E-state index in [1.54, 1.807) is 11.3 Å². The lowest BCUT2D eigenvalue weighted by Crippen LogP contribution is -2.48. The van der Waals surface area contributed by atoms with Gasteiger partial charge in [-0.15, -0.1) is 23.7 Å². The van der Waals surface area contributed by atoms with Crippen LogP contribution in [0.2, 0.25) is 0 Å². The topological polar surface area (TPSA) is 54.0 Å². The van der Waals surface area contributed by atoms with Gasteiger partial charge in [-0.05, 0) is 37.2 Å². The third-order valence-corrected chi connectivity index (χ3v) is 5.68. The number of thiazole rings is 1. The summed E-state index contributed by atoms with van der Waals surface area (Å²) in [5, 5.41) is 7.38. The fraction of sp³-hybridized carbons (Fsp3) is 0.529. The Hall–Kier alpha value is -1.17. The van der Waals surface area contributed by atoms with Gasteiger partial charge in [-0.25, -0.2) is 4.98 Å². The summed E-state index contributed by atoms with van der Waals surface area (Å²) in [5.74, 6) is 0.606. The Morgan fingerprint density at radius 1 is 1.39 bits per heavy atom. The van der Waals surface area contributed by atoms with Crippen LogP contribution in [0.1, 0.15) is 32.7 Å². The fourth-order valence-corrected chi connectivity index (χ4v) is 3.52. The SMILES string of the molecule is CC(C(=O)Nc1ccc2nc(C(C)(C)C)sc2c1)C1CNC1.Cl. The second-order valence-corrected chi connectivity index (χ2v) is 8.18. The van der Waals surface area contributed by atoms with Gasteiger partial charge in [0.2, 0.25) is 5.91 Å². The number of carbonyl (C=O) groups is 1. The molecule has 0 spiro atoms. The van der Waals surface area contributed by atoms with Crippen molar-refractivity contribution in [3.8, 4) is 0 Å². The highest BCUT2D eigenvalue weighted by atomic mass is 35.5. The Morgan fingerprint density at radius 2 is 2.09 bits per heavy atom. The number of aromatic nitrogens is 1. The molecule has 0 bridgehead atoms. The van der Waals surface area contributed by atoms with Gasteiger partial charge in [0.25, 0.3) is 0 Å². The highest BCUT2D eigenvalue weighted by Crippen LogP contribution is 2.32. The number of hydrogen-bond donors (Lipinski definition) is 2. The molecule has 2 N–H and O–H groups in total. The van der Waals surface area contributed by atoms with Crippen molar-refractivity contribution in [2.75, 3.05) is 18.4 Å². The molecule has 1 unspecified atom stereocenters. The second kappa shape index (κ2) is 6.75. The number of rotatable bonds is 3. The molecule has 2 aromatic rings. The van der Waals surface area contributed by atoms with E-state index in [4.69, 9.17) is 0 Å². The minimum atomic E-state index is 0. The highest BCUT2D eigenvalue weighted by Gasteiger charge is 2.28. The van der Waals surface area contributed by atoms with E-state index in [-0.39, 0.29) is 29.6 Å². The molecule has 1 aliphatic heterocycles. The van der Waals surface area contributed by atoms with E-state index in [0.29, 0.717) is 5.92 Å². The molecule has 1 aromatic heterocycles. The van der Waals surface area contributed by atoms with Crippen LogP contribution in [0.5, 0.6) is 0 Å². The minimum absolute atomic E-state index is 0. The van der Waals surface area contributed by atoms with Gasteiger partial charge in [-0.1, -0.05) is 27.7 Å². The highest BCUT2D eigenvalue weighted by molar-refractivity contribution is 7.18. The molecule has 1 fully saturated rings. The largest absolute Gasteiger partial charge is 0.326 e. The zero-order valence-electron chi connectivity index (χ0n) is 14.0. The average molecular weight is 354 g/mol. The standard InChI is InChI=1S/C17H23N3OS.ClH/c1-10(11-8-18-9-11)15(21)19-12-5-6-13-14(7-12)22-16(20-13)17(2,3)4;/h5-7,10-11,18H,8-9H2,1-4H3,(H,19,21);1H. The average Bonchev–Trinajstić information content (AvgIpc) is 2.79. The molecule has 0 radical (unpaired) electrons. The quantitative estimate of drug-likeness (QED) is 0.882. The summed E-state index contributed by atoms with van der Waals surface area (Å²) in [4.78, 5) is 17.0. The van der Waals surface area contributed by atoms with Gasteiger partial charge < -0.3 is 10.6 Å². The van der Waals surface area contributed by atoms with Crippen molar-refractivity contribution < 1.29 is 4.79 Å². The monoisotopic (exact) mass is 353 g/mol. The van der Waals surface area contributed by atoms with Gasteiger partial charge in [0, 0.05) is 17.0 Å². The molecule has 0 saturated carbocycles. The van der Waals surface area contributed by atoms with Crippen LogP contribution in [0.3, 0.4) is 0 Å². The molecule has 126 valence electrons. The first-order valence-electron chi connectivity index (χ1n) is 7.77. The predicted molar refractivity (Wildman–Crippen MR) is 99.7 cm³/mol. The van der Waals surface area contributed by atoms with Crippen LogP contribution in [0.15, 0.2) is 18.2 Å². The summed E-state index contributed by atoms with van der Waals surface area (Å²) in [5.41, 5.74) is 1.92. The lowest BCUT2D eigenvalue weighted by atomic mass is 9.88. The van der Waals surface area contributed by atoms with Gasteiger partial charge in [0.05, 0.1) is 15.2 Å². The molecule has 4 nitrogen and oxygen atoms in total. The summed E-state index contributed by atoms with van der Waals surface area (Å²) < 4.78 is 1.13. The number of nitrogens with one attached hydrogen (secondary N) is 2. The van der Waals surface area contributed by atoms with Crippen molar-refractivity contribution in [2.24, 2.45) is 11.8 Å². The summed E-state index contributed by atoms with van der Waals surface area (Å²) in [6, 6.07) is 5.97. The number of halogens is 1. The number of anilines is 1. The molecule has 6 heteroatoms. The molecule has 0 aliphatic carbocycles. The maximum atomic E-state index is 12.3. The summed E-state index contributed by atoms with van der Waals surface area (Å²) in [6.45, 7) is 10.4. The van der Waals surface area contributed by atoms with Crippen LogP contribution < -0.4 is 10.6 Å². The number of fused-ring (bicyclic) bond motifs is 1. The van der Waals surface area contributed by atoms with Gasteiger partial charge >= 0.3 is 0 Å². The Balaban J connectivity index is 0.00000192. The van der Waals surface area contributed by atoms with Crippen molar-refractivity contribution in [3.63, 3.8) is 0 Å². The molecule has 1 atom stereocenters. The maximum absolute atomic E-state index is 12.3. The fourth-order valence-electron chi connectivity index (χ4n) is 2.46. The predicted octanol–water partition coefficient (Wildman–Crippen LogP) is 3.81. The smallest absolute Gasteiger partial charge is 0.227 e. The van der Waals surface area contributed by atoms with Crippen LogP contribution >= 0.6 is 23.7 Å². The van der Waals surface area contributed by atoms with E-state index in [0.717, 1.165) is 34.0 Å². The lowest BCUT2D eigenvalue weighted by Gasteiger charge is -2.31. The third-order valence-electron chi connectivity index (χ3n) is 4.23. The molecule has 1 aromatic carbocycles. The van der Waals surface area contributed by atoms with Gasteiger partial charge in [-0.2, -0.15) is 0 Å². The van der Waals surface area contributed by atoms with Crippen molar-refractivity contribution in [1.29, 1.82) is 0 Å².